The van der Waals surface area contributed by atoms with Crippen molar-refractivity contribution in [3.05, 3.63) is 23.5 Å². The molecule has 0 unspecified atom stereocenters. The van der Waals surface area contributed by atoms with Crippen molar-refractivity contribution in [2.24, 2.45) is 0 Å². The zero-order chi connectivity index (χ0) is 8.39. The summed E-state index contributed by atoms with van der Waals surface area (Å²) in [5, 5.41) is 3.35. The Morgan fingerprint density at radius 3 is 3.42 bits per heavy atom. The lowest BCUT2D eigenvalue weighted by Crippen LogP contribution is -2.28. The van der Waals surface area contributed by atoms with Crippen LogP contribution in [0.25, 0.3) is 0 Å². The molecule has 3 heteroatoms. The quantitative estimate of drug-likeness (QED) is 0.701. The third-order valence-electron chi connectivity index (χ3n) is 2.29. The third-order valence-corrected chi connectivity index (χ3v) is 2.29. The van der Waals surface area contributed by atoms with Gasteiger partial charge in [-0.25, -0.2) is 0 Å². The summed E-state index contributed by atoms with van der Waals surface area (Å²) >= 11 is 0. The van der Waals surface area contributed by atoms with Gasteiger partial charge < -0.3 is 14.6 Å². The van der Waals surface area contributed by atoms with Gasteiger partial charge in [-0.15, -0.1) is 0 Å². The molecule has 1 aliphatic heterocycles. The molecule has 1 aromatic heterocycles. The van der Waals surface area contributed by atoms with Crippen molar-refractivity contribution < 1.29 is 4.74 Å². The Kier molecular flexibility index (Phi) is 2.15. The van der Waals surface area contributed by atoms with E-state index in [1.54, 1.807) is 7.11 Å². The van der Waals surface area contributed by atoms with Gasteiger partial charge in [-0.3, -0.25) is 0 Å². The first kappa shape index (κ1) is 7.83. The topological polar surface area (TPSA) is 26.2 Å². The molecule has 0 atom stereocenters. The van der Waals surface area contributed by atoms with E-state index in [-0.39, 0.29) is 0 Å². The molecule has 0 saturated carbocycles. The molecule has 12 heavy (non-hydrogen) atoms. The molecule has 0 aromatic carbocycles. The third kappa shape index (κ3) is 1.26. The number of nitrogens with zero attached hydrogens (tertiary/aromatic N) is 1. The van der Waals surface area contributed by atoms with Gasteiger partial charge in [0.05, 0.1) is 6.61 Å². The van der Waals surface area contributed by atoms with Crippen molar-refractivity contribution in [3.8, 4) is 0 Å². The second-order valence-corrected chi connectivity index (χ2v) is 3.09. The summed E-state index contributed by atoms with van der Waals surface area (Å²) in [6.07, 6.45) is 2.14. The van der Waals surface area contributed by atoms with Gasteiger partial charge in [0, 0.05) is 38.6 Å². The molecule has 0 bridgehead atoms. The summed E-state index contributed by atoms with van der Waals surface area (Å²) in [6.45, 7) is 3.86. The maximum Gasteiger partial charge on any atom is 0.0731 e. The van der Waals surface area contributed by atoms with Crippen LogP contribution in [0.3, 0.4) is 0 Å². The lowest BCUT2D eigenvalue weighted by Gasteiger charge is -2.17. The van der Waals surface area contributed by atoms with E-state index < -0.39 is 0 Å². The SMILES string of the molecule is COCc1ccn2c1CNCC2. The number of hydrogen-bond acceptors (Lipinski definition) is 2. The summed E-state index contributed by atoms with van der Waals surface area (Å²) in [4.78, 5) is 0. The minimum Gasteiger partial charge on any atom is -0.380 e. The highest BCUT2D eigenvalue weighted by atomic mass is 16.5. The van der Waals surface area contributed by atoms with E-state index in [2.05, 4.69) is 22.1 Å². The smallest absolute Gasteiger partial charge is 0.0731 e. The Bertz CT molecular complexity index is 267. The van der Waals surface area contributed by atoms with Crippen molar-refractivity contribution in [1.29, 1.82) is 0 Å². The van der Waals surface area contributed by atoms with Crippen molar-refractivity contribution in [2.75, 3.05) is 13.7 Å². The molecule has 0 radical (unpaired) electrons. The molecule has 1 N–H and O–H groups in total. The molecule has 3 nitrogen and oxygen atoms in total. The normalized spacial score (nSPS) is 16.1. The molecule has 1 aliphatic rings. The minimum atomic E-state index is 0.726. The van der Waals surface area contributed by atoms with Crippen molar-refractivity contribution in [3.63, 3.8) is 0 Å². The fourth-order valence-electron chi connectivity index (χ4n) is 1.67. The predicted molar refractivity (Wildman–Crippen MR) is 46.9 cm³/mol. The van der Waals surface area contributed by atoms with Gasteiger partial charge in [0.15, 0.2) is 0 Å². The van der Waals surface area contributed by atoms with Gasteiger partial charge in [0.2, 0.25) is 0 Å². The summed E-state index contributed by atoms with van der Waals surface area (Å²) in [5.74, 6) is 0. The molecular formula is C9H14N2O. The predicted octanol–water partition coefficient (Wildman–Crippen LogP) is 0.738. The van der Waals surface area contributed by atoms with Crippen molar-refractivity contribution in [2.45, 2.75) is 19.7 Å². The van der Waals surface area contributed by atoms with Crippen LogP contribution in [0, 0.1) is 0 Å². The highest BCUT2D eigenvalue weighted by Gasteiger charge is 2.11. The van der Waals surface area contributed by atoms with Crippen LogP contribution in [-0.4, -0.2) is 18.2 Å². The highest BCUT2D eigenvalue weighted by Crippen LogP contribution is 2.14. The zero-order valence-electron chi connectivity index (χ0n) is 7.34. The fraction of sp³-hybridized carbons (Fsp3) is 0.556. The summed E-state index contributed by atoms with van der Waals surface area (Å²) < 4.78 is 7.41. The van der Waals surface area contributed by atoms with E-state index in [0.717, 1.165) is 26.2 Å². The maximum absolute atomic E-state index is 5.11. The van der Waals surface area contributed by atoms with E-state index >= 15 is 0 Å². The Hall–Kier alpha value is -0.800. The number of fused-ring (bicyclic) bond motifs is 1. The molecule has 0 spiro atoms. The van der Waals surface area contributed by atoms with Crippen LogP contribution < -0.4 is 5.32 Å². The van der Waals surface area contributed by atoms with E-state index in [9.17, 15) is 0 Å². The molecule has 0 fully saturated rings. The van der Waals surface area contributed by atoms with Crippen LogP contribution in [0.5, 0.6) is 0 Å². The number of ether oxygens (including phenoxy) is 1. The molecular weight excluding hydrogens is 152 g/mol. The van der Waals surface area contributed by atoms with Crippen LogP contribution in [0.1, 0.15) is 11.3 Å². The largest absolute Gasteiger partial charge is 0.380 e. The van der Waals surface area contributed by atoms with Crippen LogP contribution in [-0.2, 0) is 24.4 Å². The fourth-order valence-corrected chi connectivity index (χ4v) is 1.67. The number of nitrogens with one attached hydrogen (secondary N) is 1. The van der Waals surface area contributed by atoms with E-state index in [1.807, 2.05) is 0 Å². The molecule has 2 rings (SSSR count). The first-order valence-electron chi connectivity index (χ1n) is 4.28. The Labute approximate surface area is 72.3 Å². The van der Waals surface area contributed by atoms with Crippen LogP contribution >= 0.6 is 0 Å². The molecule has 0 amide bonds. The standard InChI is InChI=1S/C9H14N2O/c1-12-7-8-2-4-11-5-3-10-6-9(8)11/h2,4,10H,3,5-7H2,1H3. The van der Waals surface area contributed by atoms with Crippen LogP contribution in [0.2, 0.25) is 0 Å². The first-order valence-corrected chi connectivity index (χ1v) is 4.28. The lowest BCUT2D eigenvalue weighted by molar-refractivity contribution is 0.183. The van der Waals surface area contributed by atoms with E-state index in [1.165, 1.54) is 11.3 Å². The van der Waals surface area contributed by atoms with Gasteiger partial charge in [0.25, 0.3) is 0 Å². The van der Waals surface area contributed by atoms with Crippen LogP contribution in [0.15, 0.2) is 12.3 Å². The highest BCUT2D eigenvalue weighted by molar-refractivity contribution is 5.22. The Morgan fingerprint density at radius 1 is 1.67 bits per heavy atom. The number of hydrogen-bond donors (Lipinski definition) is 1. The van der Waals surface area contributed by atoms with Crippen molar-refractivity contribution in [1.82, 2.24) is 9.88 Å². The Morgan fingerprint density at radius 2 is 2.58 bits per heavy atom. The van der Waals surface area contributed by atoms with E-state index in [4.69, 9.17) is 4.74 Å². The van der Waals surface area contributed by atoms with Crippen LogP contribution in [0.4, 0.5) is 0 Å². The average molecular weight is 166 g/mol. The minimum absolute atomic E-state index is 0.726. The van der Waals surface area contributed by atoms with E-state index in [0.29, 0.717) is 0 Å². The summed E-state index contributed by atoms with van der Waals surface area (Å²) in [7, 11) is 1.74. The van der Waals surface area contributed by atoms with Gasteiger partial charge in [0.1, 0.15) is 0 Å². The van der Waals surface area contributed by atoms with Gasteiger partial charge in [-0.05, 0) is 11.6 Å². The van der Waals surface area contributed by atoms with Crippen molar-refractivity contribution >= 4 is 0 Å². The summed E-state index contributed by atoms with van der Waals surface area (Å²) in [5.41, 5.74) is 2.69. The number of aromatic nitrogens is 1. The monoisotopic (exact) mass is 166 g/mol. The molecule has 2 heterocycles. The second kappa shape index (κ2) is 3.29. The maximum atomic E-state index is 5.11. The number of rotatable bonds is 2. The molecule has 1 aromatic rings. The summed E-state index contributed by atoms with van der Waals surface area (Å²) in [6, 6.07) is 2.14. The second-order valence-electron chi connectivity index (χ2n) is 3.09. The lowest BCUT2D eigenvalue weighted by atomic mass is 10.2. The first-order chi connectivity index (χ1) is 5.92. The van der Waals surface area contributed by atoms with Gasteiger partial charge >= 0.3 is 0 Å². The Balaban J connectivity index is 2.25. The number of methoxy groups -OCH3 is 1. The van der Waals surface area contributed by atoms with Gasteiger partial charge in [-0.2, -0.15) is 0 Å². The average Bonchev–Trinajstić information content (AvgIpc) is 2.50. The zero-order valence-corrected chi connectivity index (χ0v) is 7.34. The van der Waals surface area contributed by atoms with Gasteiger partial charge in [-0.1, -0.05) is 0 Å². The molecule has 0 aliphatic carbocycles. The molecule has 66 valence electrons. The molecule has 0 saturated heterocycles.